The monoisotopic (exact) mass is 472 g/mol. The zero-order chi connectivity index (χ0) is 23.8. The number of ether oxygens (including phenoxy) is 1. The van der Waals surface area contributed by atoms with E-state index in [0.29, 0.717) is 40.9 Å². The van der Waals surface area contributed by atoms with E-state index in [1.165, 1.54) is 24.7 Å². The largest absolute Gasteiger partial charge is 0.492 e. The van der Waals surface area contributed by atoms with Crippen molar-refractivity contribution in [3.8, 4) is 17.1 Å². The van der Waals surface area contributed by atoms with Crippen LogP contribution in [0.1, 0.15) is 38.7 Å². The second-order valence-corrected chi connectivity index (χ2v) is 10.2. The molecular formula is C24H29FN4O3S. The lowest BCUT2D eigenvalue weighted by Gasteiger charge is -2.17. The Morgan fingerprint density at radius 3 is 2.67 bits per heavy atom. The van der Waals surface area contributed by atoms with Crippen molar-refractivity contribution < 1.29 is 17.5 Å². The molecule has 0 saturated carbocycles. The van der Waals surface area contributed by atoms with Gasteiger partial charge in [-0.25, -0.2) is 22.8 Å². The topological polar surface area (TPSA) is 94.1 Å². The average Bonchev–Trinajstić information content (AvgIpc) is 2.76. The predicted octanol–water partition coefficient (Wildman–Crippen LogP) is 5.17. The summed E-state index contributed by atoms with van der Waals surface area (Å²) in [5.74, 6) is 0.950. The standard InChI is InChI=1S/C24H29FN4O3S/c1-4-7-17(5-2)14-32-22-13-19(25)10-11-21(22)23-26-16-27-24(29-23)28-20-9-6-8-18(12-20)15-33(3,30)31/h6,8-13,16-17H,4-5,7,14-15H2,1-3H3,(H,26,27,28,29). The van der Waals surface area contributed by atoms with Gasteiger partial charge in [0.25, 0.3) is 0 Å². The number of sulfone groups is 1. The first kappa shape index (κ1) is 24.6. The molecule has 0 aliphatic carbocycles. The van der Waals surface area contributed by atoms with Crippen molar-refractivity contribution >= 4 is 21.5 Å². The van der Waals surface area contributed by atoms with Crippen molar-refractivity contribution in [2.24, 2.45) is 5.92 Å². The van der Waals surface area contributed by atoms with E-state index in [0.717, 1.165) is 19.3 Å². The number of hydrogen-bond acceptors (Lipinski definition) is 7. The van der Waals surface area contributed by atoms with Crippen LogP contribution in [0.4, 0.5) is 16.0 Å². The molecule has 2 aromatic carbocycles. The van der Waals surface area contributed by atoms with E-state index in [1.54, 1.807) is 30.3 Å². The molecule has 1 aromatic heterocycles. The van der Waals surface area contributed by atoms with Crippen molar-refractivity contribution in [2.75, 3.05) is 18.2 Å². The molecular weight excluding hydrogens is 443 g/mol. The highest BCUT2D eigenvalue weighted by Gasteiger charge is 2.14. The molecule has 0 fully saturated rings. The van der Waals surface area contributed by atoms with Crippen LogP contribution in [0.25, 0.3) is 11.4 Å². The van der Waals surface area contributed by atoms with E-state index in [4.69, 9.17) is 4.74 Å². The molecule has 0 spiro atoms. The summed E-state index contributed by atoms with van der Waals surface area (Å²) in [6, 6.07) is 11.3. The maximum atomic E-state index is 14.0. The van der Waals surface area contributed by atoms with Crippen LogP contribution < -0.4 is 10.1 Å². The van der Waals surface area contributed by atoms with Crippen molar-refractivity contribution in [1.29, 1.82) is 0 Å². The lowest BCUT2D eigenvalue weighted by molar-refractivity contribution is 0.235. The molecule has 1 N–H and O–H groups in total. The molecule has 0 aliphatic rings. The minimum absolute atomic E-state index is 0.0575. The summed E-state index contributed by atoms with van der Waals surface area (Å²) in [5, 5.41) is 3.08. The first-order chi connectivity index (χ1) is 15.8. The molecule has 176 valence electrons. The summed E-state index contributed by atoms with van der Waals surface area (Å²) in [7, 11) is -3.15. The van der Waals surface area contributed by atoms with E-state index in [2.05, 4.69) is 34.1 Å². The van der Waals surface area contributed by atoms with Gasteiger partial charge in [0.2, 0.25) is 5.95 Å². The molecule has 1 heterocycles. The predicted molar refractivity (Wildman–Crippen MR) is 128 cm³/mol. The highest BCUT2D eigenvalue weighted by atomic mass is 32.2. The quantitative estimate of drug-likeness (QED) is 0.411. The Balaban J connectivity index is 1.83. The number of nitrogens with zero attached hydrogens (tertiary/aromatic N) is 3. The molecule has 3 aromatic rings. The molecule has 1 unspecified atom stereocenters. The van der Waals surface area contributed by atoms with Gasteiger partial charge in [-0.3, -0.25) is 0 Å². The third-order valence-electron chi connectivity index (χ3n) is 5.12. The second kappa shape index (κ2) is 11.2. The normalized spacial score (nSPS) is 12.4. The van der Waals surface area contributed by atoms with E-state index in [1.807, 2.05) is 0 Å². The molecule has 9 heteroatoms. The van der Waals surface area contributed by atoms with E-state index in [-0.39, 0.29) is 11.7 Å². The van der Waals surface area contributed by atoms with Gasteiger partial charge < -0.3 is 10.1 Å². The summed E-state index contributed by atoms with van der Waals surface area (Å²) in [6.07, 6.45) is 5.64. The first-order valence-electron chi connectivity index (χ1n) is 10.9. The van der Waals surface area contributed by atoms with Gasteiger partial charge in [0.1, 0.15) is 17.9 Å². The molecule has 0 radical (unpaired) electrons. The van der Waals surface area contributed by atoms with Crippen LogP contribution in [-0.4, -0.2) is 36.2 Å². The second-order valence-electron chi connectivity index (χ2n) is 8.04. The van der Waals surface area contributed by atoms with Gasteiger partial charge in [0.05, 0.1) is 17.9 Å². The minimum Gasteiger partial charge on any atom is -0.492 e. The molecule has 3 rings (SSSR count). The van der Waals surface area contributed by atoms with Gasteiger partial charge in [-0.05, 0) is 42.2 Å². The lowest BCUT2D eigenvalue weighted by atomic mass is 10.0. The van der Waals surface area contributed by atoms with Crippen LogP contribution in [-0.2, 0) is 15.6 Å². The number of rotatable bonds is 11. The summed E-state index contributed by atoms with van der Waals surface area (Å²) < 4.78 is 43.1. The molecule has 0 amide bonds. The summed E-state index contributed by atoms with van der Waals surface area (Å²) in [5.41, 5.74) is 1.87. The van der Waals surface area contributed by atoms with E-state index < -0.39 is 15.7 Å². The summed E-state index contributed by atoms with van der Waals surface area (Å²) >= 11 is 0. The lowest BCUT2D eigenvalue weighted by Crippen LogP contribution is -2.12. The number of anilines is 2. The van der Waals surface area contributed by atoms with E-state index >= 15 is 0 Å². The fraction of sp³-hybridized carbons (Fsp3) is 0.375. The van der Waals surface area contributed by atoms with Gasteiger partial charge in [-0.15, -0.1) is 0 Å². The number of benzene rings is 2. The Bertz CT molecular complexity index is 1190. The Kier molecular flexibility index (Phi) is 8.32. The third-order valence-corrected chi connectivity index (χ3v) is 5.97. The number of nitrogens with one attached hydrogen (secondary N) is 1. The van der Waals surface area contributed by atoms with Crippen molar-refractivity contribution in [1.82, 2.24) is 15.0 Å². The molecule has 1 atom stereocenters. The zero-order valence-electron chi connectivity index (χ0n) is 19.1. The summed E-state index contributed by atoms with van der Waals surface area (Å²) in [4.78, 5) is 12.9. The molecule has 0 aliphatic heterocycles. The molecule has 33 heavy (non-hydrogen) atoms. The van der Waals surface area contributed by atoms with Gasteiger partial charge in [0, 0.05) is 18.0 Å². The minimum atomic E-state index is -3.15. The first-order valence-corrected chi connectivity index (χ1v) is 13.0. The number of hydrogen-bond donors (Lipinski definition) is 1. The van der Waals surface area contributed by atoms with Crippen LogP contribution in [0.15, 0.2) is 48.8 Å². The van der Waals surface area contributed by atoms with Crippen LogP contribution in [0.3, 0.4) is 0 Å². The molecule has 7 nitrogen and oxygen atoms in total. The third kappa shape index (κ3) is 7.49. The van der Waals surface area contributed by atoms with Gasteiger partial charge in [-0.2, -0.15) is 4.98 Å². The van der Waals surface area contributed by atoms with Crippen molar-refractivity contribution in [3.05, 3.63) is 60.2 Å². The highest BCUT2D eigenvalue weighted by molar-refractivity contribution is 7.89. The Hall–Kier alpha value is -3.07. The Morgan fingerprint density at radius 1 is 1.12 bits per heavy atom. The molecule has 0 saturated heterocycles. The average molecular weight is 473 g/mol. The maximum absolute atomic E-state index is 14.0. The van der Waals surface area contributed by atoms with Gasteiger partial charge in [0.15, 0.2) is 15.7 Å². The van der Waals surface area contributed by atoms with E-state index in [9.17, 15) is 12.8 Å². The van der Waals surface area contributed by atoms with Crippen LogP contribution in [0.5, 0.6) is 5.75 Å². The summed E-state index contributed by atoms with van der Waals surface area (Å²) in [6.45, 7) is 4.74. The van der Waals surface area contributed by atoms with Gasteiger partial charge in [-0.1, -0.05) is 38.8 Å². The van der Waals surface area contributed by atoms with Crippen molar-refractivity contribution in [3.63, 3.8) is 0 Å². The SMILES string of the molecule is CCCC(CC)COc1cc(F)ccc1-c1ncnc(Nc2cccc(CS(C)(=O)=O)c2)n1. The Labute approximate surface area is 194 Å². The fourth-order valence-corrected chi connectivity index (χ4v) is 4.26. The van der Waals surface area contributed by atoms with Crippen LogP contribution >= 0.6 is 0 Å². The number of aromatic nitrogens is 3. The van der Waals surface area contributed by atoms with Crippen molar-refractivity contribution in [2.45, 2.75) is 38.9 Å². The number of halogens is 1. The smallest absolute Gasteiger partial charge is 0.230 e. The Morgan fingerprint density at radius 2 is 1.94 bits per heavy atom. The maximum Gasteiger partial charge on any atom is 0.230 e. The fourth-order valence-electron chi connectivity index (χ4n) is 3.48. The van der Waals surface area contributed by atoms with Gasteiger partial charge >= 0.3 is 0 Å². The zero-order valence-corrected chi connectivity index (χ0v) is 19.9. The van der Waals surface area contributed by atoms with Crippen LogP contribution in [0.2, 0.25) is 0 Å². The molecule has 0 bridgehead atoms. The highest BCUT2D eigenvalue weighted by Crippen LogP contribution is 2.30. The van der Waals surface area contributed by atoms with Crippen LogP contribution in [0, 0.1) is 11.7 Å².